The molecule has 4 nitrogen and oxygen atoms in total. The van der Waals surface area contributed by atoms with Crippen molar-refractivity contribution in [2.24, 2.45) is 0 Å². The molecule has 0 atom stereocenters. The number of benzene rings is 2. The number of fused-ring (bicyclic) bond motifs is 1. The molecular weight excluding hydrogens is 273 g/mol. The van der Waals surface area contributed by atoms with Crippen LogP contribution in [0.5, 0.6) is 5.75 Å². The molecule has 0 amide bonds. The van der Waals surface area contributed by atoms with Crippen LogP contribution >= 0.6 is 0 Å². The second-order valence-corrected chi connectivity index (χ2v) is 4.86. The zero-order valence-electron chi connectivity index (χ0n) is 11.5. The van der Waals surface area contributed by atoms with Crippen LogP contribution in [0.1, 0.15) is 16.7 Å². The van der Waals surface area contributed by atoms with Crippen LogP contribution in [0.25, 0.3) is 0 Å². The van der Waals surface area contributed by atoms with Crippen LogP contribution in [0, 0.1) is 5.82 Å². The van der Waals surface area contributed by atoms with Crippen LogP contribution in [-0.4, -0.2) is 6.79 Å². The van der Waals surface area contributed by atoms with E-state index < -0.39 is 0 Å². The van der Waals surface area contributed by atoms with Crippen molar-refractivity contribution in [3.63, 3.8) is 0 Å². The molecule has 1 heterocycles. The van der Waals surface area contributed by atoms with Crippen molar-refractivity contribution < 1.29 is 18.6 Å². The summed E-state index contributed by atoms with van der Waals surface area (Å²) in [6, 6.07) is 10.2. The van der Waals surface area contributed by atoms with Gasteiger partial charge >= 0.3 is 0 Å². The molecule has 1 aliphatic heterocycles. The van der Waals surface area contributed by atoms with Crippen LogP contribution in [0.3, 0.4) is 0 Å². The summed E-state index contributed by atoms with van der Waals surface area (Å²) < 4.78 is 29.8. The first-order valence-electron chi connectivity index (χ1n) is 6.67. The molecule has 3 rings (SSSR count). The number of nitrogen functional groups attached to an aromatic ring is 1. The van der Waals surface area contributed by atoms with Crippen LogP contribution in [0.15, 0.2) is 36.4 Å². The zero-order valence-corrected chi connectivity index (χ0v) is 11.5. The number of halogens is 1. The summed E-state index contributed by atoms with van der Waals surface area (Å²) in [4.78, 5) is 0. The fourth-order valence-corrected chi connectivity index (χ4v) is 2.32. The predicted octanol–water partition coefficient (Wildman–Crippen LogP) is 2.99. The van der Waals surface area contributed by atoms with Crippen LogP contribution in [0.2, 0.25) is 0 Å². The molecule has 5 heteroatoms. The minimum absolute atomic E-state index is 0.201. The molecule has 0 saturated heterocycles. The first-order chi connectivity index (χ1) is 10.2. The third-order valence-electron chi connectivity index (χ3n) is 3.28. The van der Waals surface area contributed by atoms with Gasteiger partial charge in [-0.25, -0.2) is 4.39 Å². The predicted molar refractivity (Wildman–Crippen MR) is 76.0 cm³/mol. The highest BCUT2D eigenvalue weighted by Gasteiger charge is 2.16. The second-order valence-electron chi connectivity index (χ2n) is 4.86. The maximum Gasteiger partial charge on any atom is 0.189 e. The van der Waals surface area contributed by atoms with E-state index in [4.69, 9.17) is 19.9 Å². The van der Waals surface area contributed by atoms with Gasteiger partial charge in [0.1, 0.15) is 11.6 Å². The van der Waals surface area contributed by atoms with Crippen LogP contribution in [-0.2, 0) is 29.3 Å². The second kappa shape index (κ2) is 6.11. The summed E-state index contributed by atoms with van der Waals surface area (Å²) in [6.45, 7) is 1.20. The Balaban J connectivity index is 1.71. The summed E-state index contributed by atoms with van der Waals surface area (Å²) in [5.74, 6) is 0.487. The van der Waals surface area contributed by atoms with E-state index in [0.29, 0.717) is 24.5 Å². The Hall–Kier alpha value is -2.11. The average Bonchev–Trinajstić information content (AvgIpc) is 2.49. The molecule has 0 unspecified atom stereocenters. The van der Waals surface area contributed by atoms with Crippen molar-refractivity contribution in [1.82, 2.24) is 0 Å². The summed E-state index contributed by atoms with van der Waals surface area (Å²) in [5, 5.41) is 0. The van der Waals surface area contributed by atoms with Gasteiger partial charge in [0.25, 0.3) is 0 Å². The van der Waals surface area contributed by atoms with Gasteiger partial charge in [0.15, 0.2) is 6.79 Å². The zero-order chi connectivity index (χ0) is 14.7. The maximum atomic E-state index is 13.5. The lowest BCUT2D eigenvalue weighted by Gasteiger charge is -2.21. The SMILES string of the molecule is Nc1cc2c(c(COCc3ccccc3F)c1)OCOC2. The molecule has 0 bridgehead atoms. The quantitative estimate of drug-likeness (QED) is 0.879. The number of hydrogen-bond donors (Lipinski definition) is 1. The molecule has 0 radical (unpaired) electrons. The van der Waals surface area contributed by atoms with Crippen molar-refractivity contribution in [2.45, 2.75) is 19.8 Å². The number of rotatable bonds is 4. The number of nitrogens with two attached hydrogens (primary N) is 1. The smallest absolute Gasteiger partial charge is 0.189 e. The molecule has 0 aromatic heterocycles. The Morgan fingerprint density at radius 3 is 2.81 bits per heavy atom. The van der Waals surface area contributed by atoms with Gasteiger partial charge in [-0.05, 0) is 18.2 Å². The van der Waals surface area contributed by atoms with E-state index in [1.165, 1.54) is 6.07 Å². The highest BCUT2D eigenvalue weighted by atomic mass is 19.1. The van der Waals surface area contributed by atoms with Crippen molar-refractivity contribution in [2.75, 3.05) is 12.5 Å². The van der Waals surface area contributed by atoms with Gasteiger partial charge in [-0.3, -0.25) is 0 Å². The molecule has 0 fully saturated rings. The van der Waals surface area contributed by atoms with Crippen LogP contribution < -0.4 is 10.5 Å². The molecule has 21 heavy (non-hydrogen) atoms. The molecule has 1 aliphatic rings. The topological polar surface area (TPSA) is 53.7 Å². The minimum atomic E-state index is -0.267. The number of hydrogen-bond acceptors (Lipinski definition) is 4. The van der Waals surface area contributed by atoms with E-state index in [9.17, 15) is 4.39 Å². The summed E-state index contributed by atoms with van der Waals surface area (Å²) in [6.07, 6.45) is 0. The fraction of sp³-hybridized carbons (Fsp3) is 0.250. The largest absolute Gasteiger partial charge is 0.467 e. The third-order valence-corrected chi connectivity index (χ3v) is 3.28. The Kier molecular flexibility index (Phi) is 4.03. The molecule has 0 saturated carbocycles. The van der Waals surface area contributed by atoms with Gasteiger partial charge in [-0.2, -0.15) is 0 Å². The highest BCUT2D eigenvalue weighted by molar-refractivity contribution is 5.53. The lowest BCUT2D eigenvalue weighted by molar-refractivity contribution is -0.0185. The molecular formula is C16H16FNO3. The molecule has 2 aromatic carbocycles. The summed E-state index contributed by atoms with van der Waals surface area (Å²) in [5.41, 5.74) is 8.78. The van der Waals surface area contributed by atoms with E-state index in [-0.39, 0.29) is 19.2 Å². The first-order valence-corrected chi connectivity index (χ1v) is 6.67. The Bertz CT molecular complexity index is 645. The third kappa shape index (κ3) is 3.15. The average molecular weight is 289 g/mol. The van der Waals surface area contributed by atoms with Gasteiger partial charge < -0.3 is 19.9 Å². The summed E-state index contributed by atoms with van der Waals surface area (Å²) in [7, 11) is 0. The molecule has 0 spiro atoms. The van der Waals surface area contributed by atoms with Gasteiger partial charge in [0.2, 0.25) is 0 Å². The fourth-order valence-electron chi connectivity index (χ4n) is 2.32. The van der Waals surface area contributed by atoms with Gasteiger partial charge in [0.05, 0.1) is 19.8 Å². The molecule has 110 valence electrons. The van der Waals surface area contributed by atoms with Crippen molar-refractivity contribution >= 4 is 5.69 Å². The lowest BCUT2D eigenvalue weighted by Crippen LogP contribution is -2.14. The van der Waals surface area contributed by atoms with E-state index >= 15 is 0 Å². The monoisotopic (exact) mass is 289 g/mol. The minimum Gasteiger partial charge on any atom is -0.467 e. The molecule has 2 N–H and O–H groups in total. The van der Waals surface area contributed by atoms with E-state index in [1.54, 1.807) is 18.2 Å². The Labute approximate surface area is 122 Å². The van der Waals surface area contributed by atoms with Crippen molar-refractivity contribution in [3.05, 3.63) is 58.9 Å². The Morgan fingerprint density at radius 2 is 1.95 bits per heavy atom. The van der Waals surface area contributed by atoms with E-state index in [1.807, 2.05) is 12.1 Å². The highest BCUT2D eigenvalue weighted by Crippen LogP contribution is 2.31. The normalized spacial score (nSPS) is 13.6. The summed E-state index contributed by atoms with van der Waals surface area (Å²) >= 11 is 0. The first kappa shape index (κ1) is 13.9. The number of ether oxygens (including phenoxy) is 3. The van der Waals surface area contributed by atoms with Gasteiger partial charge in [-0.1, -0.05) is 18.2 Å². The standard InChI is InChI=1S/C16H16FNO3/c17-15-4-2-1-3-11(15)7-19-8-12-5-14(18)6-13-9-20-10-21-16(12)13/h1-6H,7-10,18H2. The maximum absolute atomic E-state index is 13.5. The molecule has 0 aliphatic carbocycles. The van der Waals surface area contributed by atoms with Crippen LogP contribution in [0.4, 0.5) is 10.1 Å². The van der Waals surface area contributed by atoms with Gasteiger partial charge in [-0.15, -0.1) is 0 Å². The van der Waals surface area contributed by atoms with Crippen molar-refractivity contribution in [3.8, 4) is 5.75 Å². The van der Waals surface area contributed by atoms with E-state index in [2.05, 4.69) is 0 Å². The molecule has 2 aromatic rings. The number of anilines is 1. The van der Waals surface area contributed by atoms with Crippen molar-refractivity contribution in [1.29, 1.82) is 0 Å². The Morgan fingerprint density at radius 1 is 1.14 bits per heavy atom. The lowest BCUT2D eigenvalue weighted by atomic mass is 10.1. The van der Waals surface area contributed by atoms with Gasteiger partial charge in [0, 0.05) is 22.4 Å². The van der Waals surface area contributed by atoms with E-state index in [0.717, 1.165) is 16.9 Å².